The third kappa shape index (κ3) is 1.90. The lowest BCUT2D eigenvalue weighted by atomic mass is 10.0. The van der Waals surface area contributed by atoms with E-state index in [9.17, 15) is 18.0 Å². The van der Waals surface area contributed by atoms with Crippen LogP contribution in [0.4, 0.5) is 13.2 Å². The van der Waals surface area contributed by atoms with E-state index in [2.05, 4.69) is 10.2 Å². The van der Waals surface area contributed by atoms with Crippen LogP contribution < -0.4 is 5.56 Å². The quantitative estimate of drug-likeness (QED) is 0.794. The van der Waals surface area contributed by atoms with Gasteiger partial charge < -0.3 is 0 Å². The van der Waals surface area contributed by atoms with Gasteiger partial charge in [0.15, 0.2) is 17.5 Å². The molecule has 0 amide bonds. The molecule has 0 unspecified atom stereocenters. The number of aromatic amines is 1. The summed E-state index contributed by atoms with van der Waals surface area (Å²) in [7, 11) is 0. The molecule has 1 aromatic heterocycles. The molecule has 2 aromatic rings. The maximum Gasteiger partial charge on any atom is 0.267 e. The van der Waals surface area contributed by atoms with Crippen LogP contribution in [0.2, 0.25) is 0 Å². The summed E-state index contributed by atoms with van der Waals surface area (Å²) in [6.07, 6.45) is 0. The molecule has 1 aromatic carbocycles. The van der Waals surface area contributed by atoms with Crippen molar-refractivity contribution in [2.24, 2.45) is 0 Å². The predicted molar refractivity (Wildman–Crippen MR) is 59.6 cm³/mol. The number of hydrogen-bond donors (Lipinski definition) is 1. The van der Waals surface area contributed by atoms with Crippen LogP contribution >= 0.6 is 0 Å². The Kier molecular flexibility index (Phi) is 2.94. The van der Waals surface area contributed by atoms with Gasteiger partial charge in [-0.05, 0) is 31.5 Å². The molecule has 0 aliphatic carbocycles. The van der Waals surface area contributed by atoms with E-state index in [1.807, 2.05) is 0 Å². The number of benzene rings is 1. The van der Waals surface area contributed by atoms with Gasteiger partial charge >= 0.3 is 0 Å². The second kappa shape index (κ2) is 4.29. The Morgan fingerprint density at radius 3 is 2.17 bits per heavy atom. The SMILES string of the molecule is Cc1c(-c2cc(F)c(F)c(F)c2)n[nH]c(=O)c1C. The van der Waals surface area contributed by atoms with E-state index in [1.165, 1.54) is 0 Å². The zero-order chi connectivity index (χ0) is 13.4. The van der Waals surface area contributed by atoms with Crippen LogP contribution in [0.5, 0.6) is 0 Å². The number of nitrogens with one attached hydrogen (secondary N) is 1. The standard InChI is InChI=1S/C12H9F3N2O/c1-5-6(2)12(18)17-16-11(5)7-3-8(13)10(15)9(14)4-7/h3-4H,1-2H3,(H,17,18). The van der Waals surface area contributed by atoms with Crippen molar-refractivity contribution >= 4 is 0 Å². The molecule has 0 atom stereocenters. The highest BCUT2D eigenvalue weighted by atomic mass is 19.2. The minimum atomic E-state index is -1.53. The summed E-state index contributed by atoms with van der Waals surface area (Å²) in [6, 6.07) is 1.68. The van der Waals surface area contributed by atoms with Crippen molar-refractivity contribution in [2.45, 2.75) is 13.8 Å². The summed E-state index contributed by atoms with van der Waals surface area (Å²) in [5.41, 5.74) is 0.793. The van der Waals surface area contributed by atoms with Crippen LogP contribution in [0.15, 0.2) is 16.9 Å². The van der Waals surface area contributed by atoms with E-state index in [1.54, 1.807) is 13.8 Å². The lowest BCUT2D eigenvalue weighted by Gasteiger charge is -2.07. The van der Waals surface area contributed by atoms with E-state index in [4.69, 9.17) is 0 Å². The Bertz CT molecular complexity index is 657. The highest BCUT2D eigenvalue weighted by molar-refractivity contribution is 5.63. The second-order valence-corrected chi connectivity index (χ2v) is 3.91. The van der Waals surface area contributed by atoms with Gasteiger partial charge in [0.25, 0.3) is 5.56 Å². The average molecular weight is 254 g/mol. The fourth-order valence-corrected chi connectivity index (χ4v) is 1.60. The third-order valence-electron chi connectivity index (χ3n) is 2.78. The molecule has 0 aliphatic rings. The number of aromatic nitrogens is 2. The molecule has 0 bridgehead atoms. The van der Waals surface area contributed by atoms with Gasteiger partial charge in [-0.1, -0.05) is 0 Å². The lowest BCUT2D eigenvalue weighted by Crippen LogP contribution is -2.14. The highest BCUT2D eigenvalue weighted by Crippen LogP contribution is 2.24. The van der Waals surface area contributed by atoms with Crippen molar-refractivity contribution in [2.75, 3.05) is 0 Å². The van der Waals surface area contributed by atoms with Crippen LogP contribution in [0.1, 0.15) is 11.1 Å². The van der Waals surface area contributed by atoms with E-state index >= 15 is 0 Å². The Morgan fingerprint density at radius 1 is 1.06 bits per heavy atom. The monoisotopic (exact) mass is 254 g/mol. The second-order valence-electron chi connectivity index (χ2n) is 3.91. The Labute approximate surface area is 100 Å². The van der Waals surface area contributed by atoms with Crippen molar-refractivity contribution in [1.29, 1.82) is 0 Å². The molecule has 94 valence electrons. The molecule has 18 heavy (non-hydrogen) atoms. The molecule has 2 rings (SSSR count). The molecule has 0 saturated heterocycles. The Balaban J connectivity index is 2.70. The normalized spacial score (nSPS) is 10.7. The summed E-state index contributed by atoms with van der Waals surface area (Å²) in [5, 5.41) is 5.94. The summed E-state index contributed by atoms with van der Waals surface area (Å²) >= 11 is 0. The fourth-order valence-electron chi connectivity index (χ4n) is 1.60. The van der Waals surface area contributed by atoms with Gasteiger partial charge in [0.2, 0.25) is 0 Å². The molecule has 3 nitrogen and oxygen atoms in total. The molecule has 0 aliphatic heterocycles. The van der Waals surface area contributed by atoms with Gasteiger partial charge in [0, 0.05) is 11.1 Å². The van der Waals surface area contributed by atoms with E-state index in [-0.39, 0.29) is 16.8 Å². The average Bonchev–Trinajstić information content (AvgIpc) is 2.33. The molecular weight excluding hydrogens is 245 g/mol. The van der Waals surface area contributed by atoms with Gasteiger partial charge in [-0.3, -0.25) is 4.79 Å². The van der Waals surface area contributed by atoms with Crippen molar-refractivity contribution in [3.05, 3.63) is 51.1 Å². The summed E-state index contributed by atoms with van der Waals surface area (Å²) in [5.74, 6) is -4.12. The first-order valence-electron chi connectivity index (χ1n) is 5.12. The predicted octanol–water partition coefficient (Wildman–Crippen LogP) is 2.47. The first kappa shape index (κ1) is 12.3. The van der Waals surface area contributed by atoms with Gasteiger partial charge in [-0.25, -0.2) is 18.3 Å². The highest BCUT2D eigenvalue weighted by Gasteiger charge is 2.15. The van der Waals surface area contributed by atoms with Crippen LogP contribution in [0, 0.1) is 31.3 Å². The zero-order valence-corrected chi connectivity index (χ0v) is 9.64. The van der Waals surface area contributed by atoms with Gasteiger partial charge in [0.1, 0.15) is 0 Å². The van der Waals surface area contributed by atoms with E-state index in [0.29, 0.717) is 11.1 Å². The fraction of sp³-hybridized carbons (Fsp3) is 0.167. The summed E-state index contributed by atoms with van der Waals surface area (Å²) < 4.78 is 39.1. The van der Waals surface area contributed by atoms with Crippen molar-refractivity contribution in [1.82, 2.24) is 10.2 Å². The minimum Gasteiger partial charge on any atom is -0.268 e. The minimum absolute atomic E-state index is 0.0725. The van der Waals surface area contributed by atoms with Crippen molar-refractivity contribution < 1.29 is 13.2 Å². The Hall–Kier alpha value is -2.11. The summed E-state index contributed by atoms with van der Waals surface area (Å²) in [4.78, 5) is 11.3. The zero-order valence-electron chi connectivity index (χ0n) is 9.64. The first-order chi connectivity index (χ1) is 8.41. The molecule has 1 heterocycles. The number of rotatable bonds is 1. The maximum absolute atomic E-state index is 13.1. The largest absolute Gasteiger partial charge is 0.268 e. The maximum atomic E-state index is 13.1. The molecule has 6 heteroatoms. The Morgan fingerprint density at radius 2 is 1.61 bits per heavy atom. The summed E-state index contributed by atoms with van der Waals surface area (Å²) in [6.45, 7) is 3.17. The van der Waals surface area contributed by atoms with Gasteiger partial charge in [0.05, 0.1) is 5.69 Å². The van der Waals surface area contributed by atoms with Crippen LogP contribution in [0.3, 0.4) is 0 Å². The number of hydrogen-bond acceptors (Lipinski definition) is 2. The molecule has 0 radical (unpaired) electrons. The first-order valence-corrected chi connectivity index (χ1v) is 5.12. The smallest absolute Gasteiger partial charge is 0.267 e. The third-order valence-corrected chi connectivity index (χ3v) is 2.78. The van der Waals surface area contributed by atoms with Crippen molar-refractivity contribution in [3.8, 4) is 11.3 Å². The van der Waals surface area contributed by atoms with Gasteiger partial charge in [-0.15, -0.1) is 0 Å². The van der Waals surface area contributed by atoms with Crippen LogP contribution in [-0.4, -0.2) is 10.2 Å². The van der Waals surface area contributed by atoms with Crippen LogP contribution in [0.25, 0.3) is 11.3 Å². The van der Waals surface area contributed by atoms with Crippen LogP contribution in [-0.2, 0) is 0 Å². The van der Waals surface area contributed by atoms with E-state index in [0.717, 1.165) is 12.1 Å². The van der Waals surface area contributed by atoms with Gasteiger partial charge in [-0.2, -0.15) is 5.10 Å². The lowest BCUT2D eigenvalue weighted by molar-refractivity contribution is 0.447. The van der Waals surface area contributed by atoms with Crippen molar-refractivity contribution in [3.63, 3.8) is 0 Å². The molecule has 1 N–H and O–H groups in total. The van der Waals surface area contributed by atoms with E-state index < -0.39 is 17.5 Å². The number of H-pyrrole nitrogens is 1. The molecule has 0 fully saturated rings. The number of halogens is 3. The number of nitrogens with zero attached hydrogens (tertiary/aromatic N) is 1. The molecular formula is C12H9F3N2O. The molecule has 0 saturated carbocycles. The molecule has 0 spiro atoms. The topological polar surface area (TPSA) is 45.8 Å².